The van der Waals surface area contributed by atoms with E-state index >= 15 is 0 Å². The van der Waals surface area contributed by atoms with Crippen molar-refractivity contribution in [3.05, 3.63) is 65.3 Å². The van der Waals surface area contributed by atoms with Crippen molar-refractivity contribution >= 4 is 17.2 Å². The third kappa shape index (κ3) is 7.41. The zero-order valence-corrected chi connectivity index (χ0v) is 21.4. The van der Waals surface area contributed by atoms with Gasteiger partial charge >= 0.3 is 0 Å². The first-order chi connectivity index (χ1) is 15.6. The Bertz CT molecular complexity index is 942. The van der Waals surface area contributed by atoms with Crippen LogP contribution >= 0.6 is 0 Å². The first kappa shape index (κ1) is 26.6. The molecule has 0 aliphatic carbocycles. The van der Waals surface area contributed by atoms with Crippen molar-refractivity contribution in [3.63, 3.8) is 0 Å². The SMILES string of the molecule is C\C=C(C(/C(C)=N/C=C/CC)=C(/C)N1CCN(C(=O)CC(C)(C)C)CC1)\c1ccccc1F. The molecular formula is C28H40FN3O. The molecule has 0 saturated carbocycles. The maximum absolute atomic E-state index is 14.8. The van der Waals surface area contributed by atoms with E-state index in [0.29, 0.717) is 25.1 Å². The Hall–Kier alpha value is -2.69. The molecule has 180 valence electrons. The van der Waals surface area contributed by atoms with Gasteiger partial charge in [-0.05, 0) is 44.2 Å². The van der Waals surface area contributed by atoms with E-state index in [9.17, 15) is 9.18 Å². The van der Waals surface area contributed by atoms with Gasteiger partial charge in [0.1, 0.15) is 5.82 Å². The molecule has 33 heavy (non-hydrogen) atoms. The second-order valence-electron chi connectivity index (χ2n) is 9.76. The highest BCUT2D eigenvalue weighted by Gasteiger charge is 2.27. The molecule has 0 aromatic heterocycles. The third-order valence-corrected chi connectivity index (χ3v) is 5.84. The summed E-state index contributed by atoms with van der Waals surface area (Å²) in [7, 11) is 0. The number of piperazine rings is 1. The highest BCUT2D eigenvalue weighted by atomic mass is 19.1. The number of nitrogens with zero attached hydrogens (tertiary/aromatic N) is 3. The summed E-state index contributed by atoms with van der Waals surface area (Å²) in [6.45, 7) is 17.2. The summed E-state index contributed by atoms with van der Waals surface area (Å²) < 4.78 is 14.8. The molecule has 1 fully saturated rings. The lowest BCUT2D eigenvalue weighted by atomic mass is 9.91. The summed E-state index contributed by atoms with van der Waals surface area (Å²) in [5, 5.41) is 0. The van der Waals surface area contributed by atoms with Crippen molar-refractivity contribution in [2.45, 2.75) is 61.3 Å². The van der Waals surface area contributed by atoms with Crippen LogP contribution in [0.3, 0.4) is 0 Å². The maximum Gasteiger partial charge on any atom is 0.223 e. The van der Waals surface area contributed by atoms with Gasteiger partial charge in [-0.2, -0.15) is 0 Å². The minimum absolute atomic E-state index is 0.0165. The van der Waals surface area contributed by atoms with Gasteiger partial charge in [-0.1, -0.05) is 58.0 Å². The molecule has 4 nitrogen and oxygen atoms in total. The van der Waals surface area contributed by atoms with Gasteiger partial charge in [0.05, 0.1) is 0 Å². The highest BCUT2D eigenvalue weighted by Crippen LogP contribution is 2.31. The Morgan fingerprint density at radius 3 is 2.24 bits per heavy atom. The predicted molar refractivity (Wildman–Crippen MR) is 138 cm³/mol. The summed E-state index contributed by atoms with van der Waals surface area (Å²) >= 11 is 0. The van der Waals surface area contributed by atoms with Crippen molar-refractivity contribution in [1.29, 1.82) is 0 Å². The van der Waals surface area contributed by atoms with E-state index in [0.717, 1.165) is 42.1 Å². The summed E-state index contributed by atoms with van der Waals surface area (Å²) in [5.74, 6) is -0.0302. The fourth-order valence-corrected chi connectivity index (χ4v) is 4.12. The van der Waals surface area contributed by atoms with Crippen LogP contribution < -0.4 is 0 Å². The van der Waals surface area contributed by atoms with Gasteiger partial charge < -0.3 is 9.80 Å². The van der Waals surface area contributed by atoms with Crippen molar-refractivity contribution in [2.75, 3.05) is 26.2 Å². The van der Waals surface area contributed by atoms with Gasteiger partial charge in [-0.15, -0.1) is 0 Å². The molecule has 1 aromatic rings. The van der Waals surface area contributed by atoms with Gasteiger partial charge in [0.15, 0.2) is 0 Å². The standard InChI is InChI=1S/C28H40FN3O/c1-8-10-15-30-21(3)27(23(9-2)24-13-11-12-14-25(24)29)22(4)31-16-18-32(19-17-31)26(33)20-28(5,6)7/h9-15H,8,16-20H2,1-7H3/b15-10+,23-9-,27-22-,30-21+. The number of hydrogen-bond donors (Lipinski definition) is 0. The zero-order valence-electron chi connectivity index (χ0n) is 21.4. The average Bonchev–Trinajstić information content (AvgIpc) is 2.76. The van der Waals surface area contributed by atoms with E-state index in [4.69, 9.17) is 0 Å². The number of carbonyl (C=O) groups excluding carboxylic acids is 1. The molecule has 0 unspecified atom stereocenters. The fourth-order valence-electron chi connectivity index (χ4n) is 4.12. The molecule has 1 aromatic carbocycles. The largest absolute Gasteiger partial charge is 0.371 e. The third-order valence-electron chi connectivity index (χ3n) is 5.84. The number of rotatable bonds is 7. The number of aliphatic imine (C=N–C) groups is 1. The van der Waals surface area contributed by atoms with Crippen molar-refractivity contribution < 1.29 is 9.18 Å². The van der Waals surface area contributed by atoms with Gasteiger partial charge in [-0.3, -0.25) is 9.79 Å². The van der Waals surface area contributed by atoms with Crippen LogP contribution in [0.15, 0.2) is 58.9 Å². The Balaban J connectivity index is 2.39. The Labute approximate surface area is 199 Å². The molecule has 1 saturated heterocycles. The van der Waals surface area contributed by atoms with Crippen LogP contribution in [0.1, 0.15) is 66.9 Å². The Kier molecular flexibility index (Phi) is 9.63. The quantitative estimate of drug-likeness (QED) is 0.350. The summed E-state index contributed by atoms with van der Waals surface area (Å²) in [5.41, 5.74) is 4.24. The summed E-state index contributed by atoms with van der Waals surface area (Å²) in [6, 6.07) is 6.88. The molecule has 1 aliphatic rings. The molecule has 1 heterocycles. The number of amides is 1. The van der Waals surface area contributed by atoms with Gasteiger partial charge in [0.25, 0.3) is 0 Å². The lowest BCUT2D eigenvalue weighted by Gasteiger charge is -2.38. The van der Waals surface area contributed by atoms with Crippen LogP contribution in [0.2, 0.25) is 0 Å². The van der Waals surface area contributed by atoms with E-state index in [2.05, 4.69) is 44.5 Å². The minimum atomic E-state index is -0.245. The Morgan fingerprint density at radius 2 is 1.70 bits per heavy atom. The van der Waals surface area contributed by atoms with Crippen LogP contribution in [0.5, 0.6) is 0 Å². The van der Waals surface area contributed by atoms with Crippen LogP contribution in [0.4, 0.5) is 4.39 Å². The van der Waals surface area contributed by atoms with Crippen molar-refractivity contribution in [3.8, 4) is 0 Å². The first-order valence-corrected chi connectivity index (χ1v) is 11.9. The van der Waals surface area contributed by atoms with E-state index in [-0.39, 0.29) is 17.1 Å². The number of benzene rings is 1. The number of hydrogen-bond acceptors (Lipinski definition) is 3. The fraction of sp³-hybridized carbons (Fsp3) is 0.500. The summed E-state index contributed by atoms with van der Waals surface area (Å²) in [4.78, 5) is 21.6. The van der Waals surface area contributed by atoms with Crippen LogP contribution in [-0.4, -0.2) is 47.6 Å². The molecule has 5 heteroatoms. The van der Waals surface area contributed by atoms with E-state index in [1.165, 1.54) is 6.07 Å². The summed E-state index contributed by atoms with van der Waals surface area (Å²) in [6.07, 6.45) is 7.25. The van der Waals surface area contributed by atoms with Gasteiger partial charge in [0, 0.05) is 61.3 Å². The van der Waals surface area contributed by atoms with Crippen molar-refractivity contribution in [2.24, 2.45) is 10.4 Å². The van der Waals surface area contributed by atoms with Crippen LogP contribution in [0.25, 0.3) is 5.57 Å². The number of carbonyl (C=O) groups is 1. The van der Waals surface area contributed by atoms with Gasteiger partial charge in [-0.25, -0.2) is 4.39 Å². The molecule has 1 amide bonds. The van der Waals surface area contributed by atoms with Crippen LogP contribution in [-0.2, 0) is 4.79 Å². The lowest BCUT2D eigenvalue weighted by Crippen LogP contribution is -2.48. The number of halogens is 1. The smallest absolute Gasteiger partial charge is 0.223 e. The van der Waals surface area contributed by atoms with E-state index in [1.54, 1.807) is 6.07 Å². The van der Waals surface area contributed by atoms with Gasteiger partial charge in [0.2, 0.25) is 5.91 Å². The normalized spacial score (nSPS) is 17.0. The molecule has 0 spiro atoms. The van der Waals surface area contributed by atoms with E-state index < -0.39 is 0 Å². The molecule has 2 rings (SSSR count). The highest BCUT2D eigenvalue weighted by molar-refractivity contribution is 6.12. The predicted octanol–water partition coefficient (Wildman–Crippen LogP) is 6.47. The monoisotopic (exact) mass is 453 g/mol. The molecule has 0 N–H and O–H groups in total. The Morgan fingerprint density at radius 1 is 1.09 bits per heavy atom. The van der Waals surface area contributed by atoms with Crippen molar-refractivity contribution in [1.82, 2.24) is 9.80 Å². The van der Waals surface area contributed by atoms with Crippen LogP contribution in [0, 0.1) is 11.2 Å². The van der Waals surface area contributed by atoms with E-state index in [1.807, 2.05) is 49.2 Å². The molecule has 0 bridgehead atoms. The molecule has 0 radical (unpaired) electrons. The molecule has 1 aliphatic heterocycles. The maximum atomic E-state index is 14.8. The number of allylic oxidation sites excluding steroid dienone is 5. The lowest BCUT2D eigenvalue weighted by molar-refractivity contribution is -0.134. The second-order valence-corrected chi connectivity index (χ2v) is 9.76. The minimum Gasteiger partial charge on any atom is -0.371 e. The molecule has 0 atom stereocenters. The zero-order chi connectivity index (χ0) is 24.6. The average molecular weight is 454 g/mol. The molecular weight excluding hydrogens is 413 g/mol. The first-order valence-electron chi connectivity index (χ1n) is 11.9. The topological polar surface area (TPSA) is 35.9 Å². The second kappa shape index (κ2) is 12.0.